The zero-order chi connectivity index (χ0) is 7.56. The molecule has 0 radical (unpaired) electrons. The Morgan fingerprint density at radius 3 is 2.70 bits per heavy atom. The average Bonchev–Trinajstić information content (AvgIpc) is 1.95. The highest BCUT2D eigenvalue weighted by Crippen LogP contribution is 2.15. The van der Waals surface area contributed by atoms with Gasteiger partial charge >= 0.3 is 0 Å². The first-order valence-corrected chi connectivity index (χ1v) is 4.04. The van der Waals surface area contributed by atoms with E-state index in [0.29, 0.717) is 0 Å². The Hall–Kier alpha value is -0.290. The van der Waals surface area contributed by atoms with E-state index in [0.717, 1.165) is 5.69 Å². The van der Waals surface area contributed by atoms with Crippen molar-refractivity contribution in [3.8, 4) is 0 Å². The maximum atomic E-state index is 5.22. The zero-order valence-electron chi connectivity index (χ0n) is 5.69. The number of hydrazine groups is 1. The molecule has 0 amide bonds. The van der Waals surface area contributed by atoms with Gasteiger partial charge in [-0.3, -0.25) is 5.84 Å². The minimum Gasteiger partial charge on any atom is -0.324 e. The highest BCUT2D eigenvalue weighted by atomic mass is 127. The van der Waals surface area contributed by atoms with Crippen LogP contribution in [0.5, 0.6) is 0 Å². The Morgan fingerprint density at radius 2 is 2.20 bits per heavy atom. The molecule has 3 N–H and O–H groups in total. The standard InChI is InChI=1S/C7H9IN2/c1-5-4-6(10-9)2-3-7(5)8/h2-4,10H,9H2,1H3. The van der Waals surface area contributed by atoms with E-state index in [9.17, 15) is 0 Å². The van der Waals surface area contributed by atoms with Crippen molar-refractivity contribution in [3.63, 3.8) is 0 Å². The van der Waals surface area contributed by atoms with Gasteiger partial charge in [-0.2, -0.15) is 0 Å². The second kappa shape index (κ2) is 3.21. The van der Waals surface area contributed by atoms with Gasteiger partial charge in [0.15, 0.2) is 0 Å². The van der Waals surface area contributed by atoms with Gasteiger partial charge < -0.3 is 5.43 Å². The summed E-state index contributed by atoms with van der Waals surface area (Å²) in [6.07, 6.45) is 0. The van der Waals surface area contributed by atoms with E-state index >= 15 is 0 Å². The highest BCUT2D eigenvalue weighted by molar-refractivity contribution is 14.1. The predicted octanol–water partition coefficient (Wildman–Crippen LogP) is 1.89. The molecule has 3 heteroatoms. The molecule has 0 saturated carbocycles. The van der Waals surface area contributed by atoms with Crippen LogP contribution in [0.15, 0.2) is 18.2 Å². The number of hydrogen-bond acceptors (Lipinski definition) is 2. The Balaban J connectivity index is 3.04. The summed E-state index contributed by atoms with van der Waals surface area (Å²) in [6, 6.07) is 6.00. The van der Waals surface area contributed by atoms with E-state index in [1.54, 1.807) is 0 Å². The Kier molecular flexibility index (Phi) is 2.50. The SMILES string of the molecule is Cc1cc(NN)ccc1I. The van der Waals surface area contributed by atoms with Crippen LogP contribution in [0.25, 0.3) is 0 Å². The first-order chi connectivity index (χ1) is 4.74. The summed E-state index contributed by atoms with van der Waals surface area (Å²) < 4.78 is 1.26. The minimum atomic E-state index is 0.956. The van der Waals surface area contributed by atoms with Gasteiger partial charge in [0.2, 0.25) is 0 Å². The number of rotatable bonds is 1. The van der Waals surface area contributed by atoms with Gasteiger partial charge in [0, 0.05) is 9.26 Å². The lowest BCUT2D eigenvalue weighted by Crippen LogP contribution is -2.06. The molecule has 0 aliphatic carbocycles. The van der Waals surface area contributed by atoms with Crippen molar-refractivity contribution in [2.45, 2.75) is 6.92 Å². The van der Waals surface area contributed by atoms with Crippen LogP contribution >= 0.6 is 22.6 Å². The van der Waals surface area contributed by atoms with E-state index < -0.39 is 0 Å². The molecule has 0 saturated heterocycles. The molecule has 10 heavy (non-hydrogen) atoms. The van der Waals surface area contributed by atoms with Crippen molar-refractivity contribution < 1.29 is 0 Å². The van der Waals surface area contributed by atoms with Crippen molar-refractivity contribution in [1.29, 1.82) is 0 Å². The molecule has 0 aliphatic heterocycles. The molecule has 54 valence electrons. The van der Waals surface area contributed by atoms with Gasteiger partial charge in [0.25, 0.3) is 0 Å². The van der Waals surface area contributed by atoms with Gasteiger partial charge in [-0.25, -0.2) is 0 Å². The Bertz CT molecular complexity index is 235. The third-order valence-corrected chi connectivity index (χ3v) is 2.53. The van der Waals surface area contributed by atoms with E-state index in [-0.39, 0.29) is 0 Å². The second-order valence-corrected chi connectivity index (χ2v) is 3.27. The van der Waals surface area contributed by atoms with Gasteiger partial charge in [0.1, 0.15) is 0 Å². The van der Waals surface area contributed by atoms with Crippen LogP contribution in [-0.4, -0.2) is 0 Å². The number of nitrogens with two attached hydrogens (primary N) is 1. The van der Waals surface area contributed by atoms with Gasteiger partial charge in [-0.1, -0.05) is 0 Å². The molecule has 1 rings (SSSR count). The topological polar surface area (TPSA) is 38.0 Å². The number of anilines is 1. The van der Waals surface area contributed by atoms with Crippen molar-refractivity contribution in [3.05, 3.63) is 27.3 Å². The van der Waals surface area contributed by atoms with Crippen molar-refractivity contribution in [2.24, 2.45) is 5.84 Å². The third-order valence-electron chi connectivity index (χ3n) is 1.32. The van der Waals surface area contributed by atoms with E-state index in [1.165, 1.54) is 9.13 Å². The molecule has 0 unspecified atom stereocenters. The Labute approximate surface area is 73.9 Å². The summed E-state index contributed by atoms with van der Waals surface area (Å²) in [7, 11) is 0. The molecule has 0 atom stereocenters. The van der Waals surface area contributed by atoms with Crippen molar-refractivity contribution in [1.82, 2.24) is 0 Å². The number of nitrogen functional groups attached to an aromatic ring is 1. The molecule has 1 aromatic rings. The third kappa shape index (κ3) is 1.60. The van der Waals surface area contributed by atoms with Crippen LogP contribution in [-0.2, 0) is 0 Å². The fourth-order valence-electron chi connectivity index (χ4n) is 0.734. The average molecular weight is 248 g/mol. The number of nitrogens with one attached hydrogen (secondary N) is 1. The van der Waals surface area contributed by atoms with Gasteiger partial charge in [-0.05, 0) is 53.3 Å². The highest BCUT2D eigenvalue weighted by Gasteiger charge is 1.93. The number of hydrogen-bond donors (Lipinski definition) is 2. The van der Waals surface area contributed by atoms with Crippen molar-refractivity contribution >= 4 is 28.3 Å². The minimum absolute atomic E-state index is 0.956. The zero-order valence-corrected chi connectivity index (χ0v) is 7.84. The molecule has 0 aliphatic rings. The summed E-state index contributed by atoms with van der Waals surface area (Å²) in [5.74, 6) is 5.22. The summed E-state index contributed by atoms with van der Waals surface area (Å²) in [5.41, 5.74) is 4.79. The molecule has 0 aromatic heterocycles. The monoisotopic (exact) mass is 248 g/mol. The number of aryl methyl sites for hydroxylation is 1. The summed E-state index contributed by atoms with van der Waals surface area (Å²) in [5, 5.41) is 0. The Morgan fingerprint density at radius 1 is 1.50 bits per heavy atom. The molecule has 0 spiro atoms. The van der Waals surface area contributed by atoms with Crippen LogP contribution in [0.1, 0.15) is 5.56 Å². The van der Waals surface area contributed by atoms with E-state index in [2.05, 4.69) is 34.9 Å². The quantitative estimate of drug-likeness (QED) is 0.452. The maximum absolute atomic E-state index is 5.22. The summed E-state index contributed by atoms with van der Waals surface area (Å²) >= 11 is 2.29. The first kappa shape index (κ1) is 7.81. The lowest BCUT2D eigenvalue weighted by molar-refractivity contribution is 1.32. The number of halogens is 1. The largest absolute Gasteiger partial charge is 0.324 e. The molecule has 0 heterocycles. The normalized spacial score (nSPS) is 9.50. The fraction of sp³-hybridized carbons (Fsp3) is 0.143. The predicted molar refractivity (Wildman–Crippen MR) is 51.7 cm³/mol. The smallest absolute Gasteiger partial charge is 0.0488 e. The molecule has 2 nitrogen and oxygen atoms in total. The van der Waals surface area contributed by atoms with Crippen LogP contribution in [0.4, 0.5) is 5.69 Å². The molecule has 0 bridgehead atoms. The molecule has 0 fully saturated rings. The molecule has 1 aromatic carbocycles. The van der Waals surface area contributed by atoms with Crippen LogP contribution in [0.2, 0.25) is 0 Å². The van der Waals surface area contributed by atoms with Gasteiger partial charge in [-0.15, -0.1) is 0 Å². The molecular formula is C7H9IN2. The van der Waals surface area contributed by atoms with E-state index in [4.69, 9.17) is 5.84 Å². The van der Waals surface area contributed by atoms with Crippen LogP contribution in [0.3, 0.4) is 0 Å². The van der Waals surface area contributed by atoms with Crippen LogP contribution in [0, 0.1) is 10.5 Å². The lowest BCUT2D eigenvalue weighted by atomic mass is 10.2. The maximum Gasteiger partial charge on any atom is 0.0488 e. The number of benzene rings is 1. The molecular weight excluding hydrogens is 239 g/mol. The van der Waals surface area contributed by atoms with Gasteiger partial charge in [0.05, 0.1) is 0 Å². The van der Waals surface area contributed by atoms with Crippen molar-refractivity contribution in [2.75, 3.05) is 5.43 Å². The first-order valence-electron chi connectivity index (χ1n) is 2.97. The fourth-order valence-corrected chi connectivity index (χ4v) is 1.07. The van der Waals surface area contributed by atoms with E-state index in [1.807, 2.05) is 18.2 Å². The summed E-state index contributed by atoms with van der Waals surface area (Å²) in [4.78, 5) is 0. The van der Waals surface area contributed by atoms with Crippen LogP contribution < -0.4 is 11.3 Å². The second-order valence-electron chi connectivity index (χ2n) is 2.11. The lowest BCUT2D eigenvalue weighted by Gasteiger charge is -2.01. The summed E-state index contributed by atoms with van der Waals surface area (Å²) in [6.45, 7) is 2.06.